The van der Waals surface area contributed by atoms with Crippen molar-refractivity contribution in [1.29, 1.82) is 0 Å². The molecular formula is C19H34N4O8S. The van der Waals surface area contributed by atoms with Crippen LogP contribution in [-0.2, 0) is 24.0 Å². The third kappa shape index (κ3) is 11.9. The molecule has 0 radical (unpaired) electrons. The van der Waals surface area contributed by atoms with Crippen LogP contribution >= 0.6 is 11.8 Å². The molecule has 0 rings (SSSR count). The van der Waals surface area contributed by atoms with E-state index in [0.29, 0.717) is 12.2 Å². The number of carbonyl (C=O) groups excluding carboxylic acids is 3. The number of aliphatic hydroxyl groups is 1. The number of aliphatic hydroxyl groups excluding tert-OH is 1. The SMILES string of the molecule is CSCCC(NC(=O)C(N)CC(C)C)C(=O)NC(CCC(=O)O)C(=O)NC(CO)C(=O)O. The average Bonchev–Trinajstić information content (AvgIpc) is 2.70. The Morgan fingerprint density at radius 1 is 0.875 bits per heavy atom. The summed E-state index contributed by atoms with van der Waals surface area (Å²) in [4.78, 5) is 59.6. The van der Waals surface area contributed by atoms with Crippen molar-refractivity contribution in [2.45, 2.75) is 63.7 Å². The number of rotatable bonds is 16. The van der Waals surface area contributed by atoms with Crippen LogP contribution in [0.3, 0.4) is 0 Å². The number of hydrogen-bond donors (Lipinski definition) is 7. The fraction of sp³-hybridized carbons (Fsp3) is 0.737. The summed E-state index contributed by atoms with van der Waals surface area (Å²) in [5.41, 5.74) is 5.87. The van der Waals surface area contributed by atoms with Crippen molar-refractivity contribution in [3.8, 4) is 0 Å². The molecule has 0 fully saturated rings. The van der Waals surface area contributed by atoms with Gasteiger partial charge in [0.25, 0.3) is 0 Å². The Kier molecular flexibility index (Phi) is 14.3. The summed E-state index contributed by atoms with van der Waals surface area (Å²) in [6.07, 6.45) is 1.65. The predicted octanol–water partition coefficient (Wildman–Crippen LogP) is -1.49. The Morgan fingerprint density at radius 2 is 1.38 bits per heavy atom. The quantitative estimate of drug-likeness (QED) is 0.137. The lowest BCUT2D eigenvalue weighted by Gasteiger charge is -2.25. The van der Waals surface area contributed by atoms with Crippen LogP contribution in [0.4, 0.5) is 0 Å². The molecule has 0 aromatic heterocycles. The van der Waals surface area contributed by atoms with E-state index in [0.717, 1.165) is 0 Å². The topological polar surface area (TPSA) is 208 Å². The van der Waals surface area contributed by atoms with Gasteiger partial charge >= 0.3 is 11.9 Å². The van der Waals surface area contributed by atoms with E-state index in [-0.39, 0.29) is 18.8 Å². The number of nitrogens with one attached hydrogen (secondary N) is 3. The maximum absolute atomic E-state index is 12.8. The minimum absolute atomic E-state index is 0.159. The van der Waals surface area contributed by atoms with E-state index >= 15 is 0 Å². The number of amides is 3. The highest BCUT2D eigenvalue weighted by Gasteiger charge is 2.30. The van der Waals surface area contributed by atoms with Gasteiger partial charge in [-0.2, -0.15) is 11.8 Å². The lowest BCUT2D eigenvalue weighted by Crippen LogP contribution is -2.57. The Labute approximate surface area is 191 Å². The van der Waals surface area contributed by atoms with Crippen molar-refractivity contribution in [2.24, 2.45) is 11.7 Å². The predicted molar refractivity (Wildman–Crippen MR) is 118 cm³/mol. The summed E-state index contributed by atoms with van der Waals surface area (Å²) in [5.74, 6) is -4.27. The lowest BCUT2D eigenvalue weighted by atomic mass is 10.0. The van der Waals surface area contributed by atoms with E-state index in [1.807, 2.05) is 20.1 Å². The average molecular weight is 479 g/mol. The Bertz CT molecular complexity index is 661. The molecule has 0 bridgehead atoms. The molecule has 0 aromatic rings. The van der Waals surface area contributed by atoms with Gasteiger partial charge in [0.2, 0.25) is 17.7 Å². The zero-order valence-corrected chi connectivity index (χ0v) is 19.3. The van der Waals surface area contributed by atoms with E-state index in [1.54, 1.807) is 0 Å². The molecule has 8 N–H and O–H groups in total. The minimum Gasteiger partial charge on any atom is -0.481 e. The van der Waals surface area contributed by atoms with E-state index < -0.39 is 66.9 Å². The van der Waals surface area contributed by atoms with E-state index in [4.69, 9.17) is 21.1 Å². The second-order valence-corrected chi connectivity index (χ2v) is 8.64. The summed E-state index contributed by atoms with van der Waals surface area (Å²) in [7, 11) is 0. The maximum atomic E-state index is 12.8. The first-order valence-electron chi connectivity index (χ1n) is 10.1. The Morgan fingerprint density at radius 3 is 1.81 bits per heavy atom. The standard InChI is InChI=1S/C19H34N4O8S/c1-10(2)8-11(20)16(27)21-13(6-7-32-3)18(29)22-12(4-5-15(25)26)17(28)23-14(9-24)19(30)31/h10-14,24H,4-9,20H2,1-3H3,(H,21,27)(H,22,29)(H,23,28)(H,25,26)(H,30,31). The van der Waals surface area contributed by atoms with Gasteiger partial charge in [0.15, 0.2) is 0 Å². The zero-order valence-electron chi connectivity index (χ0n) is 18.5. The Balaban J connectivity index is 5.42. The first-order chi connectivity index (χ1) is 14.9. The smallest absolute Gasteiger partial charge is 0.328 e. The number of carboxylic acids is 2. The largest absolute Gasteiger partial charge is 0.481 e. The molecule has 0 aliphatic heterocycles. The number of carboxylic acid groups (broad SMARTS) is 2. The van der Waals surface area contributed by atoms with Crippen molar-refractivity contribution in [3.63, 3.8) is 0 Å². The highest BCUT2D eigenvalue weighted by molar-refractivity contribution is 7.98. The van der Waals surface area contributed by atoms with Crippen LogP contribution < -0.4 is 21.7 Å². The molecule has 4 atom stereocenters. The lowest BCUT2D eigenvalue weighted by molar-refractivity contribution is -0.144. The van der Waals surface area contributed by atoms with Gasteiger partial charge in [0, 0.05) is 6.42 Å². The molecule has 0 heterocycles. The van der Waals surface area contributed by atoms with E-state index in [1.165, 1.54) is 11.8 Å². The minimum atomic E-state index is -1.62. The van der Waals surface area contributed by atoms with Crippen molar-refractivity contribution >= 4 is 41.4 Å². The zero-order chi connectivity index (χ0) is 24.8. The monoisotopic (exact) mass is 478 g/mol. The molecule has 4 unspecified atom stereocenters. The first kappa shape index (κ1) is 29.6. The normalized spacial score (nSPS) is 14.7. The molecular weight excluding hydrogens is 444 g/mol. The molecule has 0 spiro atoms. The van der Waals surface area contributed by atoms with Crippen molar-refractivity contribution in [3.05, 3.63) is 0 Å². The third-order valence-electron chi connectivity index (χ3n) is 4.38. The number of aliphatic carboxylic acids is 2. The molecule has 184 valence electrons. The molecule has 0 aromatic carbocycles. The summed E-state index contributed by atoms with van der Waals surface area (Å²) >= 11 is 1.43. The molecule has 3 amide bonds. The highest BCUT2D eigenvalue weighted by Crippen LogP contribution is 2.07. The van der Waals surface area contributed by atoms with Crippen LogP contribution in [0.15, 0.2) is 0 Å². The summed E-state index contributed by atoms with van der Waals surface area (Å²) in [5, 5.41) is 34.0. The van der Waals surface area contributed by atoms with Gasteiger partial charge in [0.05, 0.1) is 12.6 Å². The number of thioether (sulfide) groups is 1. The number of carbonyl (C=O) groups is 5. The van der Waals surface area contributed by atoms with Crippen LogP contribution in [-0.4, -0.2) is 87.8 Å². The summed E-state index contributed by atoms with van der Waals surface area (Å²) in [6.45, 7) is 2.90. The molecule has 0 saturated heterocycles. The summed E-state index contributed by atoms with van der Waals surface area (Å²) < 4.78 is 0. The van der Waals surface area contributed by atoms with Crippen LogP contribution in [0.2, 0.25) is 0 Å². The van der Waals surface area contributed by atoms with E-state index in [2.05, 4.69) is 16.0 Å². The van der Waals surface area contributed by atoms with Crippen LogP contribution in [0, 0.1) is 5.92 Å². The van der Waals surface area contributed by atoms with Gasteiger partial charge in [-0.1, -0.05) is 13.8 Å². The molecule has 0 aliphatic rings. The van der Waals surface area contributed by atoms with Crippen LogP contribution in [0.1, 0.15) is 39.5 Å². The van der Waals surface area contributed by atoms with Gasteiger partial charge in [-0.15, -0.1) is 0 Å². The highest BCUT2D eigenvalue weighted by atomic mass is 32.2. The van der Waals surface area contributed by atoms with E-state index in [9.17, 15) is 24.0 Å². The van der Waals surface area contributed by atoms with Crippen molar-refractivity contribution < 1.29 is 39.3 Å². The van der Waals surface area contributed by atoms with Gasteiger partial charge < -0.3 is 37.0 Å². The van der Waals surface area contributed by atoms with Crippen LogP contribution in [0.5, 0.6) is 0 Å². The van der Waals surface area contributed by atoms with Gasteiger partial charge in [-0.3, -0.25) is 19.2 Å². The second-order valence-electron chi connectivity index (χ2n) is 7.65. The molecule has 0 saturated carbocycles. The van der Waals surface area contributed by atoms with Gasteiger partial charge in [0.1, 0.15) is 18.1 Å². The molecule has 32 heavy (non-hydrogen) atoms. The summed E-state index contributed by atoms with van der Waals surface area (Å²) in [6, 6.07) is -4.86. The first-order valence-corrected chi connectivity index (χ1v) is 11.5. The molecule has 13 heteroatoms. The fourth-order valence-corrected chi connectivity index (χ4v) is 3.14. The van der Waals surface area contributed by atoms with Crippen molar-refractivity contribution in [2.75, 3.05) is 18.6 Å². The van der Waals surface area contributed by atoms with Gasteiger partial charge in [-0.25, -0.2) is 4.79 Å². The number of hydrogen-bond acceptors (Lipinski definition) is 8. The molecule has 12 nitrogen and oxygen atoms in total. The molecule has 0 aliphatic carbocycles. The van der Waals surface area contributed by atoms with Gasteiger partial charge in [-0.05, 0) is 37.2 Å². The Hall–Kier alpha value is -2.38. The third-order valence-corrected chi connectivity index (χ3v) is 5.03. The van der Waals surface area contributed by atoms with Crippen molar-refractivity contribution in [1.82, 2.24) is 16.0 Å². The number of nitrogens with two attached hydrogens (primary N) is 1. The fourth-order valence-electron chi connectivity index (χ4n) is 2.66. The second kappa shape index (κ2) is 15.4. The van der Waals surface area contributed by atoms with Crippen LogP contribution in [0.25, 0.3) is 0 Å². The maximum Gasteiger partial charge on any atom is 0.328 e.